The number of phosphoric acid groups is 1. The molecular formula is C53H52Cl2N5O9P. The predicted octanol–water partition coefficient (Wildman–Crippen LogP) is 10.9. The van der Waals surface area contributed by atoms with Gasteiger partial charge in [-0.3, -0.25) is 18.6 Å². The third-order valence-electron chi connectivity index (χ3n) is 11.4. The molecule has 2 N–H and O–H groups in total. The van der Waals surface area contributed by atoms with E-state index in [1.807, 2.05) is 165 Å². The average Bonchev–Trinajstić information content (AvgIpc) is 3.36. The van der Waals surface area contributed by atoms with Crippen molar-refractivity contribution < 1.29 is 42.8 Å². The minimum atomic E-state index is -4.79. The first-order valence-corrected chi connectivity index (χ1v) is 24.3. The van der Waals surface area contributed by atoms with Gasteiger partial charge in [0.25, 0.3) is 0 Å². The minimum Gasteiger partial charge on any atom is -0.485 e. The molecule has 2 aliphatic rings. The second-order valence-electron chi connectivity index (χ2n) is 16.6. The quantitative estimate of drug-likeness (QED) is 0.0201. The Kier molecular flexibility index (Phi) is 16.6. The van der Waals surface area contributed by atoms with E-state index in [2.05, 4.69) is 10.1 Å². The highest BCUT2D eigenvalue weighted by atomic mass is 35.5. The summed E-state index contributed by atoms with van der Waals surface area (Å²) in [5.74, 6) is 0.648. The number of ether oxygens (including phenoxy) is 2. The number of anilines is 3. The lowest BCUT2D eigenvalue weighted by molar-refractivity contribution is -0.111. The average molecular weight is 1000 g/mol. The van der Waals surface area contributed by atoms with Crippen LogP contribution in [0, 0.1) is 0 Å². The minimum absolute atomic E-state index is 0.00189. The molecule has 0 saturated carbocycles. The Bertz CT molecular complexity index is 2840. The van der Waals surface area contributed by atoms with Crippen molar-refractivity contribution in [2.24, 2.45) is 10.1 Å². The van der Waals surface area contributed by atoms with Crippen LogP contribution >= 0.6 is 31.0 Å². The molecule has 1 unspecified atom stereocenters. The van der Waals surface area contributed by atoms with E-state index in [9.17, 15) is 19.0 Å². The van der Waals surface area contributed by atoms with Crippen molar-refractivity contribution in [3.8, 4) is 0 Å². The van der Waals surface area contributed by atoms with E-state index in [-0.39, 0.29) is 22.3 Å². The third kappa shape index (κ3) is 12.5. The van der Waals surface area contributed by atoms with Crippen LogP contribution < -0.4 is 14.7 Å². The summed E-state index contributed by atoms with van der Waals surface area (Å²) in [5.41, 5.74) is 6.16. The van der Waals surface area contributed by atoms with E-state index in [4.69, 9.17) is 46.9 Å². The van der Waals surface area contributed by atoms with Crippen LogP contribution in [0.15, 0.2) is 160 Å². The van der Waals surface area contributed by atoms with Crippen LogP contribution in [-0.2, 0) is 33.5 Å². The van der Waals surface area contributed by atoms with Crippen LogP contribution in [0.1, 0.15) is 44.6 Å². The van der Waals surface area contributed by atoms with E-state index >= 15 is 0 Å². The molecule has 5 aromatic carbocycles. The first-order chi connectivity index (χ1) is 33.6. The molecule has 5 aromatic rings. The Morgan fingerprint density at radius 3 is 1.74 bits per heavy atom. The van der Waals surface area contributed by atoms with E-state index < -0.39 is 25.8 Å². The van der Waals surface area contributed by atoms with Gasteiger partial charge in [0.1, 0.15) is 18.8 Å². The van der Waals surface area contributed by atoms with Crippen LogP contribution in [-0.4, -0.2) is 95.2 Å². The number of oxime groups is 1. The lowest BCUT2D eigenvalue weighted by atomic mass is 9.85. The number of carbonyl (C=O) groups is 2. The fourth-order valence-electron chi connectivity index (χ4n) is 7.58. The normalized spacial score (nSPS) is 15.0. The van der Waals surface area contributed by atoms with Gasteiger partial charge in [0, 0.05) is 82.0 Å². The highest BCUT2D eigenvalue weighted by molar-refractivity contribution is 7.47. The number of allylic oxidation sites excluding steroid dienone is 4. The highest BCUT2D eigenvalue weighted by Crippen LogP contribution is 2.53. The van der Waals surface area contributed by atoms with Crippen molar-refractivity contribution in [1.29, 1.82) is 0 Å². The summed E-state index contributed by atoms with van der Waals surface area (Å²) in [7, 11) is 4.81. The van der Waals surface area contributed by atoms with Crippen molar-refractivity contribution in [2.45, 2.75) is 12.0 Å². The monoisotopic (exact) mass is 1000 g/mol. The van der Waals surface area contributed by atoms with Crippen LogP contribution in [0.3, 0.4) is 0 Å². The van der Waals surface area contributed by atoms with Crippen molar-refractivity contribution in [3.05, 3.63) is 183 Å². The molecule has 0 aromatic heterocycles. The summed E-state index contributed by atoms with van der Waals surface area (Å²) in [6.07, 6.45) is 7.68. The number of aliphatic imine (C=N–C) groups is 1. The van der Waals surface area contributed by atoms with Gasteiger partial charge < -0.3 is 34.3 Å². The van der Waals surface area contributed by atoms with Gasteiger partial charge in [-0.05, 0) is 95.6 Å². The second-order valence-corrected chi connectivity index (χ2v) is 18.8. The number of benzene rings is 5. The summed E-state index contributed by atoms with van der Waals surface area (Å²) < 4.78 is 37.1. The Hall–Kier alpha value is -6.77. The molecule has 14 nitrogen and oxygen atoms in total. The van der Waals surface area contributed by atoms with E-state index in [0.29, 0.717) is 59.4 Å². The van der Waals surface area contributed by atoms with Crippen molar-refractivity contribution in [2.75, 3.05) is 76.3 Å². The smallest absolute Gasteiger partial charge is 0.474 e. The third-order valence-corrected chi connectivity index (χ3v) is 13.0. The van der Waals surface area contributed by atoms with E-state index in [1.54, 1.807) is 18.2 Å². The zero-order valence-corrected chi connectivity index (χ0v) is 41.6. The largest absolute Gasteiger partial charge is 0.485 e. The fraction of sp³-hybridized carbons (Fsp3) is 0.208. The number of hydrogen-bond donors (Lipinski definition) is 2. The van der Waals surface area contributed by atoms with Gasteiger partial charge in [-0.15, -0.1) is 0 Å². The van der Waals surface area contributed by atoms with Gasteiger partial charge in [0.15, 0.2) is 17.3 Å². The molecule has 1 heterocycles. The van der Waals surface area contributed by atoms with Gasteiger partial charge >= 0.3 is 7.82 Å². The Balaban J connectivity index is 1.05. The second kappa shape index (κ2) is 22.8. The number of Topliss-reactive ketones (excluding diaryl/α,β-unsaturated/α-hetero) is 2. The first kappa shape index (κ1) is 51.1. The highest BCUT2D eigenvalue weighted by Gasteiger charge is 2.41. The van der Waals surface area contributed by atoms with Crippen molar-refractivity contribution in [1.82, 2.24) is 0 Å². The summed E-state index contributed by atoms with van der Waals surface area (Å²) in [6.45, 7) is 0.722. The SMILES string of the molecule is CN(C)c1ccc(C(C=Cc2ccc(N(C)CCC(=O)c3ccc(C4=C(c5ccc(N=C6C=C(Cl)C(=O)C(Cl)=C6)cc5)OCCO4)cc3)cc2)(OP(=O)(O)OC/C=N/O)c2ccc(N(C)C)cc2)cc1. The molecule has 0 fully saturated rings. The number of nitrogens with zero attached hydrogens (tertiary/aromatic N) is 5. The summed E-state index contributed by atoms with van der Waals surface area (Å²) in [6, 6.07) is 37.3. The van der Waals surface area contributed by atoms with Crippen LogP contribution in [0.5, 0.6) is 0 Å². The summed E-state index contributed by atoms with van der Waals surface area (Å²) in [5, 5.41) is 11.8. The number of carbonyl (C=O) groups excluding carboxylic acids is 2. The summed E-state index contributed by atoms with van der Waals surface area (Å²) in [4.78, 5) is 46.9. The Labute approximate surface area is 417 Å². The molecule has 0 spiro atoms. The van der Waals surface area contributed by atoms with Crippen LogP contribution in [0.2, 0.25) is 0 Å². The van der Waals surface area contributed by atoms with E-state index in [1.165, 1.54) is 12.2 Å². The number of hydrogen-bond acceptors (Lipinski definition) is 13. The van der Waals surface area contributed by atoms with Crippen LogP contribution in [0.4, 0.5) is 22.7 Å². The van der Waals surface area contributed by atoms with Crippen molar-refractivity contribution >= 4 is 94.9 Å². The van der Waals surface area contributed by atoms with Crippen LogP contribution in [0.25, 0.3) is 17.6 Å². The molecule has 0 bridgehead atoms. The predicted molar refractivity (Wildman–Crippen MR) is 279 cm³/mol. The molecule has 17 heteroatoms. The number of rotatable bonds is 19. The number of ketones is 2. The zero-order chi connectivity index (χ0) is 50.0. The lowest BCUT2D eigenvalue weighted by Crippen LogP contribution is -2.29. The Morgan fingerprint density at radius 2 is 1.24 bits per heavy atom. The molecular weight excluding hydrogens is 952 g/mol. The van der Waals surface area contributed by atoms with E-state index in [0.717, 1.165) is 40.0 Å². The van der Waals surface area contributed by atoms with Gasteiger partial charge in [0.2, 0.25) is 5.78 Å². The zero-order valence-electron chi connectivity index (χ0n) is 39.2. The van der Waals surface area contributed by atoms with Gasteiger partial charge in [-0.2, -0.15) is 0 Å². The molecule has 0 saturated heterocycles. The number of halogens is 2. The first-order valence-electron chi connectivity index (χ1n) is 22.1. The Morgan fingerprint density at radius 1 is 0.743 bits per heavy atom. The standard InChI is InChI=1S/C53H52Cl2N5O9P/c1-58(2)44-22-14-40(15-23-44)53(69-70(64,65)68-31-29-56-63,41-16-24-45(25-17-41)59(3)4)28-26-36-6-20-46(21-7-36)60(5)30-27-49(61)37-8-10-38(11-9-37)51-52(67-33-32-66-51)39-12-18-42(19-13-39)57-43-34-47(54)50(62)48(55)35-43/h6-26,28-29,34-35,63H,27,30-33H2,1-5H3,(H,64,65)/b28-26?,56-29+. The van der Waals surface area contributed by atoms with Gasteiger partial charge in [-0.1, -0.05) is 95.1 Å². The van der Waals surface area contributed by atoms with Gasteiger partial charge in [0.05, 0.1) is 34.3 Å². The maximum absolute atomic E-state index is 13.6. The molecule has 0 radical (unpaired) electrons. The molecule has 70 heavy (non-hydrogen) atoms. The fourth-order valence-corrected chi connectivity index (χ4v) is 9.00. The number of phosphoric ester groups is 1. The lowest BCUT2D eigenvalue weighted by Gasteiger charge is -2.34. The maximum atomic E-state index is 13.6. The summed E-state index contributed by atoms with van der Waals surface area (Å²) >= 11 is 12.0. The molecule has 362 valence electrons. The molecule has 7 rings (SSSR count). The van der Waals surface area contributed by atoms with Gasteiger partial charge in [-0.25, -0.2) is 9.56 Å². The molecule has 1 atom stereocenters. The molecule has 1 aliphatic heterocycles. The maximum Gasteiger partial charge on any atom is 0.474 e. The molecule has 1 aliphatic carbocycles. The van der Waals surface area contributed by atoms with Crippen molar-refractivity contribution in [3.63, 3.8) is 0 Å². The topological polar surface area (TPSA) is 163 Å². The molecule has 0 amide bonds.